The first-order valence-electron chi connectivity index (χ1n) is 7.03. The van der Waals surface area contributed by atoms with Crippen molar-refractivity contribution in [2.45, 2.75) is 46.6 Å². The van der Waals surface area contributed by atoms with Gasteiger partial charge in [0.25, 0.3) is 0 Å². The highest BCUT2D eigenvalue weighted by Gasteiger charge is 2.28. The van der Waals surface area contributed by atoms with Crippen molar-refractivity contribution in [3.05, 3.63) is 29.1 Å². The van der Waals surface area contributed by atoms with Crippen LogP contribution in [0.2, 0.25) is 0 Å². The smallest absolute Gasteiger partial charge is 0.126 e. The summed E-state index contributed by atoms with van der Waals surface area (Å²) in [6.45, 7) is 9.93. The molecule has 0 saturated carbocycles. The predicted octanol–water partition coefficient (Wildman–Crippen LogP) is 3.81. The number of nitrogens with zero attached hydrogens (tertiary/aromatic N) is 1. The molecule has 0 aliphatic carbocycles. The van der Waals surface area contributed by atoms with Gasteiger partial charge in [0.2, 0.25) is 0 Å². The Morgan fingerprint density at radius 2 is 2.05 bits per heavy atom. The standard InChI is InChI=1S/C16H24FNO/c1-11-8-15(13(12(2)19)9-14(11)17)18-7-5-6-16(3,4)10-18/h8-9,12,19H,5-7,10H2,1-4H3. The molecule has 0 aromatic heterocycles. The molecule has 0 radical (unpaired) electrons. The van der Waals surface area contributed by atoms with Gasteiger partial charge in [0.15, 0.2) is 0 Å². The van der Waals surface area contributed by atoms with Gasteiger partial charge in [-0.3, -0.25) is 0 Å². The van der Waals surface area contributed by atoms with Gasteiger partial charge in [0.1, 0.15) is 5.82 Å². The highest BCUT2D eigenvalue weighted by atomic mass is 19.1. The van der Waals surface area contributed by atoms with Crippen LogP contribution in [0, 0.1) is 18.2 Å². The Kier molecular flexibility index (Phi) is 3.86. The van der Waals surface area contributed by atoms with E-state index in [2.05, 4.69) is 18.7 Å². The Balaban J connectivity index is 2.40. The molecular formula is C16H24FNO. The van der Waals surface area contributed by atoms with Crippen LogP contribution in [0.1, 0.15) is 50.8 Å². The van der Waals surface area contributed by atoms with Crippen molar-refractivity contribution in [1.82, 2.24) is 0 Å². The molecule has 2 rings (SSSR count). The third kappa shape index (κ3) is 3.08. The van der Waals surface area contributed by atoms with Gasteiger partial charge in [-0.05, 0) is 49.8 Å². The van der Waals surface area contributed by atoms with Crippen molar-refractivity contribution < 1.29 is 9.50 Å². The van der Waals surface area contributed by atoms with E-state index >= 15 is 0 Å². The van der Waals surface area contributed by atoms with Crippen LogP contribution in [-0.4, -0.2) is 18.2 Å². The number of hydrogen-bond donors (Lipinski definition) is 1. The molecule has 0 bridgehead atoms. The molecule has 0 spiro atoms. The molecule has 1 unspecified atom stereocenters. The van der Waals surface area contributed by atoms with E-state index in [1.807, 2.05) is 6.07 Å². The Hall–Kier alpha value is -1.09. The lowest BCUT2D eigenvalue weighted by Crippen LogP contribution is -2.40. The zero-order valence-corrected chi connectivity index (χ0v) is 12.3. The van der Waals surface area contributed by atoms with Crippen LogP contribution in [0.3, 0.4) is 0 Å². The molecule has 1 atom stereocenters. The molecule has 1 aliphatic rings. The van der Waals surface area contributed by atoms with Crippen LogP contribution in [0.5, 0.6) is 0 Å². The number of rotatable bonds is 2. The summed E-state index contributed by atoms with van der Waals surface area (Å²) in [6.07, 6.45) is 1.71. The lowest BCUT2D eigenvalue weighted by molar-refractivity contribution is 0.198. The topological polar surface area (TPSA) is 23.5 Å². The Morgan fingerprint density at radius 3 is 2.63 bits per heavy atom. The summed E-state index contributed by atoms with van der Waals surface area (Å²) < 4.78 is 13.7. The number of halogens is 1. The molecule has 106 valence electrons. The van der Waals surface area contributed by atoms with Crippen molar-refractivity contribution in [2.75, 3.05) is 18.0 Å². The molecule has 2 nitrogen and oxygen atoms in total. The summed E-state index contributed by atoms with van der Waals surface area (Å²) in [5, 5.41) is 9.89. The summed E-state index contributed by atoms with van der Waals surface area (Å²) in [5.74, 6) is -0.240. The lowest BCUT2D eigenvalue weighted by atomic mass is 9.83. The van der Waals surface area contributed by atoms with Crippen molar-refractivity contribution in [2.24, 2.45) is 5.41 Å². The molecule has 1 aromatic carbocycles. The summed E-state index contributed by atoms with van der Waals surface area (Å²) in [6, 6.07) is 3.36. The number of aliphatic hydroxyl groups is 1. The molecule has 1 saturated heterocycles. The van der Waals surface area contributed by atoms with E-state index in [0.29, 0.717) is 11.1 Å². The fourth-order valence-corrected chi connectivity index (χ4v) is 2.92. The minimum absolute atomic E-state index is 0.240. The second-order valence-electron chi connectivity index (χ2n) is 6.53. The Labute approximate surface area is 115 Å². The summed E-state index contributed by atoms with van der Waals surface area (Å²) >= 11 is 0. The van der Waals surface area contributed by atoms with Gasteiger partial charge in [-0.2, -0.15) is 0 Å². The van der Waals surface area contributed by atoms with Crippen LogP contribution in [0.15, 0.2) is 12.1 Å². The number of aliphatic hydroxyl groups excluding tert-OH is 1. The second-order valence-corrected chi connectivity index (χ2v) is 6.53. The number of hydrogen-bond acceptors (Lipinski definition) is 2. The van der Waals surface area contributed by atoms with E-state index in [1.54, 1.807) is 13.8 Å². The third-order valence-corrected chi connectivity index (χ3v) is 4.00. The fraction of sp³-hybridized carbons (Fsp3) is 0.625. The minimum Gasteiger partial charge on any atom is -0.389 e. The van der Waals surface area contributed by atoms with E-state index in [4.69, 9.17) is 0 Å². The van der Waals surface area contributed by atoms with E-state index < -0.39 is 6.10 Å². The summed E-state index contributed by atoms with van der Waals surface area (Å²) in [7, 11) is 0. The zero-order valence-electron chi connectivity index (χ0n) is 12.3. The van der Waals surface area contributed by atoms with E-state index in [1.165, 1.54) is 12.5 Å². The van der Waals surface area contributed by atoms with Crippen molar-refractivity contribution in [3.8, 4) is 0 Å². The average molecular weight is 265 g/mol. The summed E-state index contributed by atoms with van der Waals surface area (Å²) in [5.41, 5.74) is 2.60. The molecule has 19 heavy (non-hydrogen) atoms. The predicted molar refractivity (Wildman–Crippen MR) is 77.0 cm³/mol. The molecule has 0 amide bonds. The Morgan fingerprint density at radius 1 is 1.37 bits per heavy atom. The van der Waals surface area contributed by atoms with Gasteiger partial charge in [-0.1, -0.05) is 13.8 Å². The van der Waals surface area contributed by atoms with Crippen LogP contribution in [0.25, 0.3) is 0 Å². The third-order valence-electron chi connectivity index (χ3n) is 4.00. The molecule has 3 heteroatoms. The van der Waals surface area contributed by atoms with Gasteiger partial charge in [0, 0.05) is 24.3 Å². The SMILES string of the molecule is Cc1cc(N2CCCC(C)(C)C2)c(C(C)O)cc1F. The van der Waals surface area contributed by atoms with Crippen molar-refractivity contribution in [3.63, 3.8) is 0 Å². The van der Waals surface area contributed by atoms with Gasteiger partial charge < -0.3 is 10.0 Å². The first-order chi connectivity index (χ1) is 8.80. The first kappa shape index (κ1) is 14.3. The molecule has 1 heterocycles. The zero-order chi connectivity index (χ0) is 14.2. The Bertz CT molecular complexity index is 468. The number of aryl methyl sites for hydroxylation is 1. The first-order valence-corrected chi connectivity index (χ1v) is 7.03. The number of anilines is 1. The lowest BCUT2D eigenvalue weighted by Gasteiger charge is -2.40. The molecule has 1 N–H and O–H groups in total. The van der Waals surface area contributed by atoms with Crippen LogP contribution >= 0.6 is 0 Å². The van der Waals surface area contributed by atoms with Gasteiger partial charge >= 0.3 is 0 Å². The van der Waals surface area contributed by atoms with Crippen molar-refractivity contribution in [1.29, 1.82) is 0 Å². The van der Waals surface area contributed by atoms with Gasteiger partial charge in [-0.15, -0.1) is 0 Å². The summed E-state index contributed by atoms with van der Waals surface area (Å²) in [4.78, 5) is 2.29. The minimum atomic E-state index is -0.643. The average Bonchev–Trinajstić information content (AvgIpc) is 2.30. The van der Waals surface area contributed by atoms with Gasteiger partial charge in [0.05, 0.1) is 6.10 Å². The van der Waals surface area contributed by atoms with Gasteiger partial charge in [-0.25, -0.2) is 4.39 Å². The monoisotopic (exact) mass is 265 g/mol. The van der Waals surface area contributed by atoms with E-state index in [9.17, 15) is 9.50 Å². The van der Waals surface area contributed by atoms with Crippen LogP contribution in [-0.2, 0) is 0 Å². The van der Waals surface area contributed by atoms with E-state index in [0.717, 1.165) is 25.2 Å². The largest absolute Gasteiger partial charge is 0.389 e. The normalized spacial score (nSPS) is 20.4. The molecule has 1 aromatic rings. The molecular weight excluding hydrogens is 241 g/mol. The highest BCUT2D eigenvalue weighted by molar-refractivity contribution is 5.57. The maximum absolute atomic E-state index is 13.7. The highest BCUT2D eigenvalue weighted by Crippen LogP contribution is 2.36. The molecule has 1 aliphatic heterocycles. The van der Waals surface area contributed by atoms with Crippen LogP contribution < -0.4 is 4.90 Å². The van der Waals surface area contributed by atoms with Crippen LogP contribution in [0.4, 0.5) is 10.1 Å². The second kappa shape index (κ2) is 5.12. The maximum Gasteiger partial charge on any atom is 0.126 e. The number of benzene rings is 1. The molecule has 1 fully saturated rings. The van der Waals surface area contributed by atoms with Crippen molar-refractivity contribution >= 4 is 5.69 Å². The quantitative estimate of drug-likeness (QED) is 0.879. The maximum atomic E-state index is 13.7. The number of piperidine rings is 1. The fourth-order valence-electron chi connectivity index (χ4n) is 2.92. The van der Waals surface area contributed by atoms with E-state index in [-0.39, 0.29) is 11.2 Å².